The highest BCUT2D eigenvalue weighted by Gasteiger charge is 2.18. The third kappa shape index (κ3) is 3.20. The Morgan fingerprint density at radius 1 is 1.15 bits per heavy atom. The lowest BCUT2D eigenvalue weighted by molar-refractivity contribution is 0.102. The first-order valence-corrected chi connectivity index (χ1v) is 8.44. The molecule has 0 unspecified atom stereocenters. The fraction of sp³-hybridized carbons (Fsp3) is 0.0526. The molecule has 134 valence electrons. The molecule has 1 aromatic carbocycles. The normalized spacial score (nSPS) is 10.7. The quantitative estimate of drug-likeness (QED) is 0.584. The number of fused-ring (bicyclic) bond motifs is 1. The van der Waals surface area contributed by atoms with Crippen molar-refractivity contribution < 1.29 is 9.53 Å². The molecule has 0 radical (unpaired) electrons. The van der Waals surface area contributed by atoms with Crippen LogP contribution in [0.3, 0.4) is 0 Å². The first kappa shape index (κ1) is 17.0. The van der Waals surface area contributed by atoms with Crippen LogP contribution in [0, 0.1) is 0 Å². The van der Waals surface area contributed by atoms with Crippen LogP contribution >= 0.6 is 11.6 Å². The minimum absolute atomic E-state index is 0.335. The van der Waals surface area contributed by atoms with Gasteiger partial charge in [-0.25, -0.2) is 9.67 Å². The van der Waals surface area contributed by atoms with Crippen molar-refractivity contribution in [2.24, 2.45) is 0 Å². The SMILES string of the molecule is COc1c(Cl)cc(C(=O)Nc2cc(-n3cccn3)ccn2)c2ncccc12. The number of hydrogen-bond donors (Lipinski definition) is 1. The number of anilines is 1. The molecule has 0 aliphatic carbocycles. The summed E-state index contributed by atoms with van der Waals surface area (Å²) in [5.74, 6) is 0.507. The zero-order chi connectivity index (χ0) is 18.8. The van der Waals surface area contributed by atoms with Gasteiger partial charge in [0.15, 0.2) is 0 Å². The van der Waals surface area contributed by atoms with E-state index in [0.717, 1.165) is 5.69 Å². The number of methoxy groups -OCH3 is 1. The molecule has 1 N–H and O–H groups in total. The van der Waals surface area contributed by atoms with Crippen LogP contribution < -0.4 is 10.1 Å². The van der Waals surface area contributed by atoms with E-state index in [2.05, 4.69) is 20.4 Å². The summed E-state index contributed by atoms with van der Waals surface area (Å²) < 4.78 is 7.02. The summed E-state index contributed by atoms with van der Waals surface area (Å²) in [4.78, 5) is 21.4. The lowest BCUT2D eigenvalue weighted by atomic mass is 10.1. The van der Waals surface area contributed by atoms with Crippen molar-refractivity contribution in [3.8, 4) is 11.4 Å². The number of nitrogens with zero attached hydrogens (tertiary/aromatic N) is 4. The Hall–Kier alpha value is -3.45. The molecule has 4 rings (SSSR count). The van der Waals surface area contributed by atoms with Gasteiger partial charge in [0.2, 0.25) is 0 Å². The number of ether oxygens (including phenoxy) is 1. The highest BCUT2D eigenvalue weighted by Crippen LogP contribution is 2.35. The largest absolute Gasteiger partial charge is 0.494 e. The van der Waals surface area contributed by atoms with E-state index in [1.165, 1.54) is 7.11 Å². The monoisotopic (exact) mass is 379 g/mol. The first-order chi connectivity index (χ1) is 13.2. The summed E-state index contributed by atoms with van der Waals surface area (Å²) in [6.07, 6.45) is 6.70. The molecule has 27 heavy (non-hydrogen) atoms. The summed E-state index contributed by atoms with van der Waals surface area (Å²) in [5.41, 5.74) is 1.61. The highest BCUT2D eigenvalue weighted by molar-refractivity contribution is 6.34. The topological polar surface area (TPSA) is 81.9 Å². The second kappa shape index (κ2) is 7.05. The molecule has 3 aromatic heterocycles. The van der Waals surface area contributed by atoms with Gasteiger partial charge < -0.3 is 10.1 Å². The summed E-state index contributed by atoms with van der Waals surface area (Å²) in [6, 6.07) is 10.5. The molecule has 4 aromatic rings. The summed E-state index contributed by atoms with van der Waals surface area (Å²) in [6.45, 7) is 0. The van der Waals surface area contributed by atoms with Crippen LogP contribution in [0.1, 0.15) is 10.4 Å². The van der Waals surface area contributed by atoms with Gasteiger partial charge in [0, 0.05) is 36.2 Å². The van der Waals surface area contributed by atoms with Crippen LogP contribution in [-0.2, 0) is 0 Å². The van der Waals surface area contributed by atoms with Gasteiger partial charge >= 0.3 is 0 Å². The van der Waals surface area contributed by atoms with E-state index in [1.54, 1.807) is 53.6 Å². The van der Waals surface area contributed by atoms with Crippen LogP contribution in [-0.4, -0.2) is 32.8 Å². The van der Waals surface area contributed by atoms with Crippen LogP contribution in [0.5, 0.6) is 5.75 Å². The average molecular weight is 380 g/mol. The maximum absolute atomic E-state index is 12.9. The molecule has 0 aliphatic heterocycles. The number of pyridine rings is 2. The minimum atomic E-state index is -0.367. The van der Waals surface area contributed by atoms with E-state index in [1.807, 2.05) is 12.3 Å². The molecule has 7 nitrogen and oxygen atoms in total. The maximum Gasteiger partial charge on any atom is 0.259 e. The van der Waals surface area contributed by atoms with Gasteiger partial charge in [-0.3, -0.25) is 9.78 Å². The number of carbonyl (C=O) groups excluding carboxylic acids is 1. The number of benzene rings is 1. The third-order valence-corrected chi connectivity index (χ3v) is 4.28. The molecule has 0 fully saturated rings. The van der Waals surface area contributed by atoms with Gasteiger partial charge in [-0.2, -0.15) is 5.10 Å². The lowest BCUT2D eigenvalue weighted by Gasteiger charge is -2.12. The molecule has 0 atom stereocenters. The zero-order valence-electron chi connectivity index (χ0n) is 14.3. The number of rotatable bonds is 4. The molecule has 0 spiro atoms. The number of hydrogen-bond acceptors (Lipinski definition) is 5. The van der Waals surface area contributed by atoms with Gasteiger partial charge in [-0.1, -0.05) is 11.6 Å². The molecule has 0 saturated carbocycles. The highest BCUT2D eigenvalue weighted by atomic mass is 35.5. The van der Waals surface area contributed by atoms with E-state index < -0.39 is 0 Å². The van der Waals surface area contributed by atoms with Crippen molar-refractivity contribution in [3.63, 3.8) is 0 Å². The number of aromatic nitrogens is 4. The Morgan fingerprint density at radius 3 is 2.81 bits per heavy atom. The van der Waals surface area contributed by atoms with E-state index in [-0.39, 0.29) is 5.91 Å². The van der Waals surface area contributed by atoms with Crippen LogP contribution in [0.15, 0.2) is 61.2 Å². The summed E-state index contributed by atoms with van der Waals surface area (Å²) in [7, 11) is 1.53. The third-order valence-electron chi connectivity index (χ3n) is 4.00. The second-order valence-corrected chi connectivity index (χ2v) is 6.05. The molecule has 3 heterocycles. The predicted octanol–water partition coefficient (Wildman–Crippen LogP) is 3.73. The van der Waals surface area contributed by atoms with Gasteiger partial charge in [-0.15, -0.1) is 0 Å². The maximum atomic E-state index is 12.9. The van der Waals surface area contributed by atoms with Crippen LogP contribution in [0.2, 0.25) is 5.02 Å². The van der Waals surface area contributed by atoms with Crippen LogP contribution in [0.4, 0.5) is 5.82 Å². The molecular formula is C19H14ClN5O2. The van der Waals surface area contributed by atoms with Crippen molar-refractivity contribution in [1.82, 2.24) is 19.7 Å². The first-order valence-electron chi connectivity index (χ1n) is 8.06. The van der Waals surface area contributed by atoms with Crippen molar-refractivity contribution in [2.45, 2.75) is 0 Å². The standard InChI is InChI=1S/C19H14ClN5O2/c1-27-18-13-4-2-6-22-17(13)14(11-15(18)20)19(26)24-16-10-12(5-8-21-16)25-9-3-7-23-25/h2-11H,1H3,(H,21,24,26). The predicted molar refractivity (Wildman–Crippen MR) is 103 cm³/mol. The molecule has 8 heteroatoms. The van der Waals surface area contributed by atoms with Gasteiger partial charge in [0.05, 0.1) is 28.9 Å². The van der Waals surface area contributed by atoms with E-state index >= 15 is 0 Å². The molecule has 1 amide bonds. The Balaban J connectivity index is 1.71. The summed E-state index contributed by atoms with van der Waals surface area (Å²) >= 11 is 6.29. The fourth-order valence-corrected chi connectivity index (χ4v) is 3.10. The number of nitrogens with one attached hydrogen (secondary N) is 1. The smallest absolute Gasteiger partial charge is 0.259 e. The summed E-state index contributed by atoms with van der Waals surface area (Å²) in [5, 5.41) is 7.96. The Morgan fingerprint density at radius 2 is 2.04 bits per heavy atom. The molecule has 0 aliphatic rings. The molecule has 0 bridgehead atoms. The zero-order valence-corrected chi connectivity index (χ0v) is 15.0. The fourth-order valence-electron chi connectivity index (χ4n) is 2.81. The van der Waals surface area contributed by atoms with E-state index in [4.69, 9.17) is 16.3 Å². The van der Waals surface area contributed by atoms with Gasteiger partial charge in [0.25, 0.3) is 5.91 Å². The van der Waals surface area contributed by atoms with Crippen molar-refractivity contribution in [1.29, 1.82) is 0 Å². The van der Waals surface area contributed by atoms with Gasteiger partial charge in [-0.05, 0) is 30.3 Å². The second-order valence-electron chi connectivity index (χ2n) is 5.64. The van der Waals surface area contributed by atoms with E-state index in [0.29, 0.717) is 33.1 Å². The Bertz CT molecular complexity index is 1130. The number of carbonyl (C=O) groups is 1. The van der Waals surface area contributed by atoms with Gasteiger partial charge in [0.1, 0.15) is 11.6 Å². The minimum Gasteiger partial charge on any atom is -0.494 e. The lowest BCUT2D eigenvalue weighted by Crippen LogP contribution is -2.14. The Labute approximate surface area is 159 Å². The van der Waals surface area contributed by atoms with Crippen molar-refractivity contribution >= 4 is 34.2 Å². The number of amides is 1. The average Bonchev–Trinajstić information content (AvgIpc) is 3.22. The van der Waals surface area contributed by atoms with Crippen molar-refractivity contribution in [2.75, 3.05) is 12.4 Å². The van der Waals surface area contributed by atoms with E-state index in [9.17, 15) is 4.79 Å². The van der Waals surface area contributed by atoms with Crippen molar-refractivity contribution in [3.05, 3.63) is 71.8 Å². The Kier molecular flexibility index (Phi) is 4.43. The molecular weight excluding hydrogens is 366 g/mol. The molecule has 0 saturated heterocycles. The van der Waals surface area contributed by atoms with Crippen LogP contribution in [0.25, 0.3) is 16.6 Å². The number of halogens is 1.